The zero-order valence-corrected chi connectivity index (χ0v) is 51.9. The van der Waals surface area contributed by atoms with Gasteiger partial charge in [0, 0.05) is 39.0 Å². The fraction of sp³-hybridized carbons (Fsp3) is 0.912. The van der Waals surface area contributed by atoms with Crippen LogP contribution in [0.15, 0.2) is 12.2 Å². The largest absolute Gasteiger partial charge is 0.479 e. The predicted octanol–water partition coefficient (Wildman–Crippen LogP) is 9.82. The Hall–Kier alpha value is 1.20. The molecule has 0 aliphatic carbocycles. The quantitative estimate of drug-likeness (QED) is 0.0285. The van der Waals surface area contributed by atoms with Gasteiger partial charge < -0.3 is 46.8 Å². The van der Waals surface area contributed by atoms with Gasteiger partial charge in [0.2, 0.25) is 0 Å². The number of carbonyl (C=O) groups is 1. The van der Waals surface area contributed by atoms with Crippen molar-refractivity contribution in [1.29, 1.82) is 0 Å². The summed E-state index contributed by atoms with van der Waals surface area (Å²) in [7, 11) is -20.2. The molecule has 0 fully saturated rings. The molecule has 0 spiro atoms. The Morgan fingerprint density at radius 3 is 1.16 bits per heavy atom. The maximum absolute atomic E-state index is 12.5. The molecule has 0 aliphatic rings. The van der Waals surface area contributed by atoms with Crippen LogP contribution in [-0.4, -0.2) is 128 Å². The normalized spacial score (nSPS) is 16.3. The molecule has 0 aromatic rings. The van der Waals surface area contributed by atoms with Crippen LogP contribution in [0.1, 0.15) is 13.3 Å². The van der Waals surface area contributed by atoms with Gasteiger partial charge in [-0.1, -0.05) is 6.58 Å². The van der Waals surface area contributed by atoms with E-state index >= 15 is 0 Å². The number of ether oxygens (including phenoxy) is 1. The summed E-state index contributed by atoms with van der Waals surface area (Å²) in [6, 6.07) is 5.34. The fourth-order valence-electron chi connectivity index (χ4n) is 6.07. The first-order valence-corrected chi connectivity index (χ1v) is 51.1. The van der Waals surface area contributed by atoms with Crippen molar-refractivity contribution in [2.45, 2.75) is 173 Å². The zero-order chi connectivity index (χ0) is 45.0. The number of rotatable bonds is 31. The van der Waals surface area contributed by atoms with Crippen molar-refractivity contribution in [3.8, 4) is 0 Å². The standard InChI is InChI=1S/C34H88O12Si11/c1-33(2)34(35)39-25-24-28-57(44-53(18,19)29-26-47(36-3)40-49(6,7)8,45-54(20,21)30-27-48(37-4)41-50(9,10)11)46-55(22,23)31-32-56(38-5,42-51(12,13)14)43-52(15,16)17/h47-48H,1,24-32H2,2-23H3. The lowest BCUT2D eigenvalue weighted by Crippen LogP contribution is -2.62. The average Bonchev–Trinajstić information content (AvgIpc) is 2.98. The monoisotopic (exact) mass is 996 g/mol. The molecule has 57 heavy (non-hydrogen) atoms. The molecule has 0 saturated heterocycles. The number of hydrogen-bond acceptors (Lipinski definition) is 12. The zero-order valence-electron chi connectivity index (χ0n) is 40.6. The first kappa shape index (κ1) is 58.2. The Kier molecular flexibility index (Phi) is 24.3. The van der Waals surface area contributed by atoms with Crippen LogP contribution in [0.5, 0.6) is 0 Å². The van der Waals surface area contributed by atoms with Gasteiger partial charge in [0.15, 0.2) is 58.2 Å². The van der Waals surface area contributed by atoms with Crippen LogP contribution in [-0.2, 0) is 51.6 Å². The summed E-state index contributed by atoms with van der Waals surface area (Å²) in [5.74, 6) is -0.397. The van der Waals surface area contributed by atoms with E-state index in [1.807, 2.05) is 0 Å². The molecule has 340 valence electrons. The Morgan fingerprint density at radius 2 is 0.860 bits per heavy atom. The second-order valence-corrected chi connectivity index (χ2v) is 63.9. The third-order valence-corrected chi connectivity index (χ3v) is 44.9. The first-order valence-electron chi connectivity index (χ1n) is 20.7. The molecule has 2 atom stereocenters. The molecule has 0 saturated carbocycles. The molecule has 0 aromatic heterocycles. The van der Waals surface area contributed by atoms with Gasteiger partial charge in [-0.25, -0.2) is 4.79 Å². The summed E-state index contributed by atoms with van der Waals surface area (Å²) >= 11 is 0. The molecule has 0 N–H and O–H groups in total. The van der Waals surface area contributed by atoms with Crippen LogP contribution in [0.2, 0.25) is 160 Å². The lowest BCUT2D eigenvalue weighted by atomic mass is 10.4. The number of esters is 1. The number of hydrogen-bond donors (Lipinski definition) is 0. The minimum absolute atomic E-state index is 0.224. The van der Waals surface area contributed by atoms with E-state index in [0.29, 0.717) is 24.1 Å². The molecule has 0 rings (SSSR count). The summed E-state index contributed by atoms with van der Waals surface area (Å²) in [5, 5.41) is 0. The van der Waals surface area contributed by atoms with Gasteiger partial charge in [-0.2, -0.15) is 0 Å². The smallest absolute Gasteiger partial charge is 0.462 e. The average molecular weight is 998 g/mol. The van der Waals surface area contributed by atoms with Gasteiger partial charge in [0.1, 0.15) is 0 Å². The molecular formula is C34H88O12Si11. The van der Waals surface area contributed by atoms with E-state index < -0.39 is 100 Å². The van der Waals surface area contributed by atoms with Gasteiger partial charge in [0.25, 0.3) is 0 Å². The third kappa shape index (κ3) is 27.8. The number of carbonyl (C=O) groups excluding carboxylic acids is 1. The Balaban J connectivity index is 7.18. The summed E-state index contributed by atoms with van der Waals surface area (Å²) in [5.41, 5.74) is 0.375. The van der Waals surface area contributed by atoms with Gasteiger partial charge in [-0.05, 0) is 161 Å². The predicted molar refractivity (Wildman–Crippen MR) is 264 cm³/mol. The highest BCUT2D eigenvalue weighted by atomic mass is 28.5. The molecule has 0 bridgehead atoms. The van der Waals surface area contributed by atoms with Gasteiger partial charge in [-0.3, -0.25) is 0 Å². The molecule has 0 heterocycles. The van der Waals surface area contributed by atoms with Crippen LogP contribution >= 0.6 is 0 Å². The molecule has 0 radical (unpaired) electrons. The van der Waals surface area contributed by atoms with E-state index in [-0.39, 0.29) is 6.61 Å². The van der Waals surface area contributed by atoms with Crippen molar-refractivity contribution < 1.29 is 51.6 Å². The molecule has 12 nitrogen and oxygen atoms in total. The van der Waals surface area contributed by atoms with Crippen LogP contribution in [0.4, 0.5) is 0 Å². The fourth-order valence-corrected chi connectivity index (χ4v) is 50.1. The topological polar surface area (TPSA) is 119 Å². The van der Waals surface area contributed by atoms with Gasteiger partial charge in [-0.15, -0.1) is 0 Å². The summed E-state index contributed by atoms with van der Waals surface area (Å²) in [6.45, 7) is 45.7. The first-order chi connectivity index (χ1) is 25.4. The summed E-state index contributed by atoms with van der Waals surface area (Å²) < 4.78 is 73.4. The van der Waals surface area contributed by atoms with Crippen LogP contribution < -0.4 is 0 Å². The lowest BCUT2D eigenvalue weighted by molar-refractivity contribution is -0.139. The SMILES string of the molecule is C=C(C)C(=O)OCCC[Si](O[Si](C)(C)CC[SiH](OC)O[Si](C)(C)C)(O[Si](C)(C)CC[SiH](OC)O[Si](C)(C)C)O[Si](C)(C)CC[Si](OC)(O[Si](C)(C)C)O[Si](C)(C)C. The second kappa shape index (κ2) is 23.8. The van der Waals surface area contributed by atoms with Crippen LogP contribution in [0, 0.1) is 0 Å². The van der Waals surface area contributed by atoms with Crippen molar-refractivity contribution in [2.75, 3.05) is 27.9 Å². The Labute approximate surface area is 363 Å². The van der Waals surface area contributed by atoms with E-state index in [9.17, 15) is 4.79 Å². The van der Waals surface area contributed by atoms with Crippen molar-refractivity contribution in [2.24, 2.45) is 0 Å². The van der Waals surface area contributed by atoms with E-state index in [1.54, 1.807) is 28.3 Å². The maximum atomic E-state index is 12.5. The molecule has 0 aromatic carbocycles. The van der Waals surface area contributed by atoms with Crippen LogP contribution in [0.25, 0.3) is 0 Å². The van der Waals surface area contributed by atoms with Crippen LogP contribution in [0.3, 0.4) is 0 Å². The van der Waals surface area contributed by atoms with Gasteiger partial charge in [0.05, 0.1) is 6.61 Å². The highest BCUT2D eigenvalue weighted by Crippen LogP contribution is 2.37. The molecule has 0 amide bonds. The molecule has 0 aliphatic heterocycles. The highest BCUT2D eigenvalue weighted by Gasteiger charge is 2.54. The summed E-state index contributed by atoms with van der Waals surface area (Å²) in [6.07, 6.45) is 0.543. The van der Waals surface area contributed by atoms with Gasteiger partial charge >= 0.3 is 42.1 Å². The van der Waals surface area contributed by atoms with E-state index in [1.165, 1.54) is 0 Å². The third-order valence-electron chi connectivity index (χ3n) is 8.23. The van der Waals surface area contributed by atoms with Crippen molar-refractivity contribution in [1.82, 2.24) is 0 Å². The van der Waals surface area contributed by atoms with E-state index in [2.05, 4.69) is 124 Å². The lowest BCUT2D eigenvalue weighted by Gasteiger charge is -2.46. The minimum atomic E-state index is -3.49. The highest BCUT2D eigenvalue weighted by molar-refractivity contribution is 6.92. The van der Waals surface area contributed by atoms with E-state index in [0.717, 1.165) is 30.2 Å². The van der Waals surface area contributed by atoms with Crippen molar-refractivity contribution in [3.63, 3.8) is 0 Å². The minimum Gasteiger partial charge on any atom is -0.462 e. The maximum Gasteiger partial charge on any atom is 0.479 e. The Morgan fingerprint density at radius 1 is 0.491 bits per heavy atom. The van der Waals surface area contributed by atoms with E-state index in [4.69, 9.17) is 46.8 Å². The molecule has 23 heteroatoms. The molecule has 2 unspecified atom stereocenters. The molecular weight excluding hydrogens is 909 g/mol. The second-order valence-electron chi connectivity index (χ2n) is 21.0. The van der Waals surface area contributed by atoms with Crippen molar-refractivity contribution >= 4 is 100 Å². The van der Waals surface area contributed by atoms with Crippen molar-refractivity contribution in [3.05, 3.63) is 12.2 Å². The Bertz CT molecular complexity index is 1160. The summed E-state index contributed by atoms with van der Waals surface area (Å²) in [4.78, 5) is 12.5.